The third-order valence-electron chi connectivity index (χ3n) is 1.83. The molecule has 0 amide bonds. The normalized spacial score (nSPS) is 11.5. The molecule has 7 nitrogen and oxygen atoms in total. The fraction of sp³-hybridized carbons (Fsp3) is 0.375. The molecule has 15 heavy (non-hydrogen) atoms. The molecule has 0 saturated heterocycles. The number of amidine groups is 1. The van der Waals surface area contributed by atoms with Gasteiger partial charge in [-0.25, -0.2) is 9.97 Å². The molecule has 0 atom stereocenters. The summed E-state index contributed by atoms with van der Waals surface area (Å²) in [5.74, 6) is 0.525. The van der Waals surface area contributed by atoms with Crippen molar-refractivity contribution in [1.82, 2.24) is 9.97 Å². The molecule has 1 aromatic heterocycles. The number of rotatable bonds is 4. The first-order valence-electron chi connectivity index (χ1n) is 4.31. The molecule has 0 bridgehead atoms. The van der Waals surface area contributed by atoms with Crippen molar-refractivity contribution in [3.05, 3.63) is 18.1 Å². The Hall–Kier alpha value is -1.89. The number of hydrogen-bond acceptors (Lipinski definition) is 6. The van der Waals surface area contributed by atoms with E-state index in [1.54, 1.807) is 11.9 Å². The van der Waals surface area contributed by atoms with Crippen molar-refractivity contribution in [2.24, 2.45) is 10.9 Å². The van der Waals surface area contributed by atoms with Crippen LogP contribution in [-0.2, 0) is 0 Å². The van der Waals surface area contributed by atoms with E-state index in [9.17, 15) is 0 Å². The lowest BCUT2D eigenvalue weighted by Crippen LogP contribution is -2.23. The molecular formula is C8H13N5O2. The Morgan fingerprint density at radius 3 is 2.73 bits per heavy atom. The first-order chi connectivity index (χ1) is 7.19. The molecule has 0 aliphatic rings. The van der Waals surface area contributed by atoms with Gasteiger partial charge < -0.3 is 20.9 Å². The van der Waals surface area contributed by atoms with E-state index in [0.29, 0.717) is 18.1 Å². The van der Waals surface area contributed by atoms with E-state index in [1.807, 2.05) is 0 Å². The van der Waals surface area contributed by atoms with E-state index < -0.39 is 0 Å². The monoisotopic (exact) mass is 211 g/mol. The molecule has 0 unspecified atom stereocenters. The average molecular weight is 211 g/mol. The number of aliphatic hydroxyl groups is 1. The van der Waals surface area contributed by atoms with Crippen LogP contribution in [-0.4, -0.2) is 46.3 Å². The van der Waals surface area contributed by atoms with Crippen LogP contribution in [0.3, 0.4) is 0 Å². The summed E-state index contributed by atoms with van der Waals surface area (Å²) in [6.45, 7) is 0.512. The number of oxime groups is 1. The van der Waals surface area contributed by atoms with Crippen LogP contribution in [0.5, 0.6) is 0 Å². The molecule has 1 heterocycles. The number of aliphatic hydroxyl groups excluding tert-OH is 1. The molecule has 0 fully saturated rings. The Morgan fingerprint density at radius 1 is 1.53 bits per heavy atom. The van der Waals surface area contributed by atoms with Gasteiger partial charge >= 0.3 is 0 Å². The predicted molar refractivity (Wildman–Crippen MR) is 54.9 cm³/mol. The second kappa shape index (κ2) is 5.11. The van der Waals surface area contributed by atoms with Gasteiger partial charge in [-0.15, -0.1) is 0 Å². The highest BCUT2D eigenvalue weighted by atomic mass is 16.4. The van der Waals surface area contributed by atoms with Gasteiger partial charge in [-0.2, -0.15) is 0 Å². The Balaban J connectivity index is 2.80. The van der Waals surface area contributed by atoms with E-state index in [2.05, 4.69) is 15.1 Å². The molecule has 0 radical (unpaired) electrons. The van der Waals surface area contributed by atoms with Gasteiger partial charge in [0.2, 0.25) is 0 Å². The minimum atomic E-state index is -0.0844. The predicted octanol–water partition coefficient (Wildman–Crippen LogP) is -1.00. The van der Waals surface area contributed by atoms with Crippen LogP contribution in [0.25, 0.3) is 0 Å². The largest absolute Gasteiger partial charge is 0.409 e. The summed E-state index contributed by atoms with van der Waals surface area (Å²) < 4.78 is 0. The van der Waals surface area contributed by atoms with Crippen molar-refractivity contribution >= 4 is 11.7 Å². The summed E-state index contributed by atoms with van der Waals surface area (Å²) in [7, 11) is 1.78. The van der Waals surface area contributed by atoms with E-state index in [0.717, 1.165) is 0 Å². The highest BCUT2D eigenvalue weighted by Crippen LogP contribution is 2.05. The van der Waals surface area contributed by atoms with Crippen LogP contribution in [0.4, 0.5) is 5.82 Å². The van der Waals surface area contributed by atoms with Crippen LogP contribution in [0, 0.1) is 0 Å². The average Bonchev–Trinajstić information content (AvgIpc) is 2.28. The quantitative estimate of drug-likeness (QED) is 0.255. The molecule has 7 heteroatoms. The van der Waals surface area contributed by atoms with Gasteiger partial charge in [0.15, 0.2) is 5.84 Å². The molecule has 0 aromatic carbocycles. The third-order valence-corrected chi connectivity index (χ3v) is 1.83. The van der Waals surface area contributed by atoms with Crippen molar-refractivity contribution in [2.45, 2.75) is 0 Å². The van der Waals surface area contributed by atoms with Gasteiger partial charge in [-0.3, -0.25) is 0 Å². The van der Waals surface area contributed by atoms with E-state index >= 15 is 0 Å². The van der Waals surface area contributed by atoms with Crippen LogP contribution >= 0.6 is 0 Å². The van der Waals surface area contributed by atoms with Crippen LogP contribution < -0.4 is 10.6 Å². The summed E-state index contributed by atoms with van der Waals surface area (Å²) in [5, 5.41) is 19.9. The fourth-order valence-corrected chi connectivity index (χ4v) is 0.966. The Labute approximate surface area is 86.9 Å². The molecule has 0 spiro atoms. The zero-order valence-electron chi connectivity index (χ0n) is 8.33. The maximum absolute atomic E-state index is 8.72. The number of anilines is 1. The Kier molecular flexibility index (Phi) is 3.81. The smallest absolute Gasteiger partial charge is 0.190 e. The third kappa shape index (κ3) is 2.78. The van der Waals surface area contributed by atoms with Crippen molar-refractivity contribution < 1.29 is 10.3 Å². The summed E-state index contributed by atoms with van der Waals surface area (Å²) in [5.41, 5.74) is 5.63. The first kappa shape index (κ1) is 11.2. The lowest BCUT2D eigenvalue weighted by atomic mass is 10.4. The molecule has 0 aliphatic carbocycles. The van der Waals surface area contributed by atoms with Crippen LogP contribution in [0.1, 0.15) is 5.69 Å². The molecule has 0 aliphatic heterocycles. The molecule has 4 N–H and O–H groups in total. The van der Waals surface area contributed by atoms with Crippen LogP contribution in [0.15, 0.2) is 17.5 Å². The number of aromatic nitrogens is 2. The summed E-state index contributed by atoms with van der Waals surface area (Å²) >= 11 is 0. The number of nitrogens with two attached hydrogens (primary N) is 1. The minimum absolute atomic E-state index is 0.0418. The zero-order valence-corrected chi connectivity index (χ0v) is 8.33. The van der Waals surface area contributed by atoms with Crippen molar-refractivity contribution in [3.63, 3.8) is 0 Å². The summed E-state index contributed by atoms with van der Waals surface area (Å²) in [6, 6.07) is 0. The van der Waals surface area contributed by atoms with Gasteiger partial charge in [-0.05, 0) is 0 Å². The maximum atomic E-state index is 8.72. The molecule has 1 aromatic rings. The SMILES string of the molecule is CN(CCO)c1cnc(C(N)=NO)cn1. The number of hydrogen-bond donors (Lipinski definition) is 3. The van der Waals surface area contributed by atoms with Gasteiger partial charge in [0.05, 0.1) is 19.0 Å². The summed E-state index contributed by atoms with van der Waals surface area (Å²) in [4.78, 5) is 9.74. The lowest BCUT2D eigenvalue weighted by molar-refractivity contribution is 0.304. The second-order valence-electron chi connectivity index (χ2n) is 2.89. The van der Waals surface area contributed by atoms with Crippen molar-refractivity contribution in [2.75, 3.05) is 25.1 Å². The van der Waals surface area contributed by atoms with Gasteiger partial charge in [0.25, 0.3) is 0 Å². The van der Waals surface area contributed by atoms with Crippen molar-refractivity contribution in [3.8, 4) is 0 Å². The first-order valence-corrected chi connectivity index (χ1v) is 4.31. The topological polar surface area (TPSA) is 108 Å². The molecule has 1 rings (SSSR count). The fourth-order valence-electron chi connectivity index (χ4n) is 0.966. The van der Waals surface area contributed by atoms with Gasteiger partial charge in [0.1, 0.15) is 11.5 Å². The van der Waals surface area contributed by atoms with E-state index in [1.165, 1.54) is 12.4 Å². The van der Waals surface area contributed by atoms with E-state index in [-0.39, 0.29) is 12.4 Å². The van der Waals surface area contributed by atoms with Gasteiger partial charge in [0, 0.05) is 13.6 Å². The number of nitrogens with zero attached hydrogens (tertiary/aromatic N) is 4. The van der Waals surface area contributed by atoms with Crippen LogP contribution in [0.2, 0.25) is 0 Å². The molecular weight excluding hydrogens is 198 g/mol. The highest BCUT2D eigenvalue weighted by molar-refractivity contribution is 5.94. The summed E-state index contributed by atoms with van der Waals surface area (Å²) in [6.07, 6.45) is 2.89. The Morgan fingerprint density at radius 2 is 2.27 bits per heavy atom. The zero-order chi connectivity index (χ0) is 11.3. The lowest BCUT2D eigenvalue weighted by Gasteiger charge is -2.15. The second-order valence-corrected chi connectivity index (χ2v) is 2.89. The van der Waals surface area contributed by atoms with Gasteiger partial charge in [-0.1, -0.05) is 5.16 Å². The Bertz CT molecular complexity index is 337. The standard InChI is InChI=1S/C8H13N5O2/c1-13(2-3-14)7-5-10-6(4-11-7)8(9)12-15/h4-5,14-15H,2-3H2,1H3,(H2,9,12). The highest BCUT2D eigenvalue weighted by Gasteiger charge is 2.04. The molecule has 82 valence electrons. The maximum Gasteiger partial charge on any atom is 0.190 e. The van der Waals surface area contributed by atoms with E-state index in [4.69, 9.17) is 16.0 Å². The molecule has 0 saturated carbocycles. The number of likely N-dealkylation sites (N-methyl/N-ethyl adjacent to an activating group) is 1. The minimum Gasteiger partial charge on any atom is -0.409 e. The van der Waals surface area contributed by atoms with Crippen molar-refractivity contribution in [1.29, 1.82) is 0 Å².